The van der Waals surface area contributed by atoms with Gasteiger partial charge in [-0.3, -0.25) is 5.41 Å². The Balaban J connectivity index is 2.47. The summed E-state index contributed by atoms with van der Waals surface area (Å²) >= 11 is 0. The van der Waals surface area contributed by atoms with Crippen molar-refractivity contribution in [2.24, 2.45) is 5.73 Å². The highest BCUT2D eigenvalue weighted by atomic mass is 16.5. The van der Waals surface area contributed by atoms with Crippen LogP contribution in [0, 0.1) is 19.3 Å². The van der Waals surface area contributed by atoms with Crippen LogP contribution < -0.4 is 10.5 Å². The number of hydrogen-bond donors (Lipinski definition) is 2. The minimum absolute atomic E-state index is 0.222. The van der Waals surface area contributed by atoms with Crippen LogP contribution in [-0.4, -0.2) is 12.4 Å². The van der Waals surface area contributed by atoms with Crippen molar-refractivity contribution < 1.29 is 4.74 Å². The Kier molecular flexibility index (Phi) is 4.16. The fourth-order valence-electron chi connectivity index (χ4n) is 1.46. The molecule has 3 nitrogen and oxygen atoms in total. The lowest BCUT2D eigenvalue weighted by Crippen LogP contribution is -2.11. The molecule has 0 saturated carbocycles. The van der Waals surface area contributed by atoms with Gasteiger partial charge in [0, 0.05) is 6.42 Å². The first-order chi connectivity index (χ1) is 7.11. The van der Waals surface area contributed by atoms with Gasteiger partial charge in [0.15, 0.2) is 0 Å². The van der Waals surface area contributed by atoms with Crippen molar-refractivity contribution in [2.75, 3.05) is 6.61 Å². The van der Waals surface area contributed by atoms with Gasteiger partial charge in [0.25, 0.3) is 0 Å². The zero-order valence-corrected chi connectivity index (χ0v) is 9.34. The fraction of sp³-hybridized carbons (Fsp3) is 0.417. The minimum Gasteiger partial charge on any atom is -0.493 e. The molecule has 3 heteroatoms. The molecule has 0 aliphatic rings. The maximum Gasteiger partial charge on any atom is 0.125 e. The van der Waals surface area contributed by atoms with Crippen LogP contribution in [0.15, 0.2) is 18.2 Å². The van der Waals surface area contributed by atoms with Gasteiger partial charge in [-0.25, -0.2) is 0 Å². The average Bonchev–Trinajstić information content (AvgIpc) is 2.15. The minimum atomic E-state index is 0.222. The van der Waals surface area contributed by atoms with Crippen molar-refractivity contribution in [3.05, 3.63) is 29.3 Å². The van der Waals surface area contributed by atoms with Crippen molar-refractivity contribution in [3.63, 3.8) is 0 Å². The van der Waals surface area contributed by atoms with E-state index in [-0.39, 0.29) is 5.84 Å². The lowest BCUT2D eigenvalue weighted by molar-refractivity contribution is 0.309. The predicted molar refractivity (Wildman–Crippen MR) is 62.6 cm³/mol. The summed E-state index contributed by atoms with van der Waals surface area (Å²) in [6.07, 6.45) is 1.40. The van der Waals surface area contributed by atoms with Crippen LogP contribution in [0.1, 0.15) is 24.0 Å². The van der Waals surface area contributed by atoms with Crippen molar-refractivity contribution in [1.82, 2.24) is 0 Å². The molecule has 0 heterocycles. The molecule has 0 spiro atoms. The van der Waals surface area contributed by atoms with Crippen LogP contribution >= 0.6 is 0 Å². The van der Waals surface area contributed by atoms with E-state index < -0.39 is 0 Å². The fourth-order valence-corrected chi connectivity index (χ4v) is 1.46. The highest BCUT2D eigenvalue weighted by molar-refractivity contribution is 5.76. The summed E-state index contributed by atoms with van der Waals surface area (Å²) in [5.74, 6) is 1.18. The topological polar surface area (TPSA) is 59.1 Å². The van der Waals surface area contributed by atoms with Gasteiger partial charge >= 0.3 is 0 Å². The van der Waals surface area contributed by atoms with Crippen molar-refractivity contribution in [1.29, 1.82) is 5.41 Å². The number of rotatable bonds is 5. The van der Waals surface area contributed by atoms with Crippen LogP contribution in [0.5, 0.6) is 5.75 Å². The first kappa shape index (κ1) is 11.6. The summed E-state index contributed by atoms with van der Waals surface area (Å²) in [4.78, 5) is 0. The van der Waals surface area contributed by atoms with Crippen LogP contribution in [0.3, 0.4) is 0 Å². The third-order valence-corrected chi connectivity index (χ3v) is 2.25. The average molecular weight is 206 g/mol. The Morgan fingerprint density at radius 1 is 1.33 bits per heavy atom. The van der Waals surface area contributed by atoms with Gasteiger partial charge in [0.2, 0.25) is 0 Å². The van der Waals surface area contributed by atoms with Crippen molar-refractivity contribution in [3.8, 4) is 5.75 Å². The summed E-state index contributed by atoms with van der Waals surface area (Å²) < 4.78 is 5.67. The molecular formula is C12H18N2O. The predicted octanol–water partition coefficient (Wildman–Crippen LogP) is 2.40. The molecule has 0 unspecified atom stereocenters. The highest BCUT2D eigenvalue weighted by Gasteiger charge is 2.02. The van der Waals surface area contributed by atoms with E-state index in [2.05, 4.69) is 0 Å². The molecule has 0 fully saturated rings. The number of amidine groups is 1. The molecule has 0 radical (unpaired) electrons. The van der Waals surface area contributed by atoms with E-state index in [1.165, 1.54) is 0 Å². The quantitative estimate of drug-likeness (QED) is 0.441. The molecular weight excluding hydrogens is 188 g/mol. The second-order valence-corrected chi connectivity index (χ2v) is 3.70. The Hall–Kier alpha value is -1.51. The van der Waals surface area contributed by atoms with Gasteiger partial charge in [0.1, 0.15) is 5.75 Å². The number of aryl methyl sites for hydroxylation is 2. The summed E-state index contributed by atoms with van der Waals surface area (Å²) in [6.45, 7) is 4.69. The Labute approximate surface area is 90.8 Å². The zero-order chi connectivity index (χ0) is 11.3. The third-order valence-electron chi connectivity index (χ3n) is 2.25. The largest absolute Gasteiger partial charge is 0.493 e. The first-order valence-corrected chi connectivity index (χ1v) is 5.13. The van der Waals surface area contributed by atoms with Crippen LogP contribution in [-0.2, 0) is 0 Å². The van der Waals surface area contributed by atoms with Gasteiger partial charge in [-0.2, -0.15) is 0 Å². The standard InChI is InChI=1S/C12H18N2O/c1-9-5-3-6-10(2)12(9)15-8-4-7-11(13)14/h3,5-6H,4,7-8H2,1-2H3,(H3,13,14). The molecule has 0 amide bonds. The van der Waals surface area contributed by atoms with Crippen LogP contribution in [0.25, 0.3) is 0 Å². The van der Waals surface area contributed by atoms with E-state index >= 15 is 0 Å². The summed E-state index contributed by atoms with van der Waals surface area (Å²) in [5.41, 5.74) is 7.56. The maximum atomic E-state index is 7.08. The number of hydrogen-bond acceptors (Lipinski definition) is 2. The van der Waals surface area contributed by atoms with Gasteiger partial charge in [-0.05, 0) is 31.4 Å². The monoisotopic (exact) mass is 206 g/mol. The lowest BCUT2D eigenvalue weighted by Gasteiger charge is -2.11. The van der Waals surface area contributed by atoms with Gasteiger partial charge in [0.05, 0.1) is 12.4 Å². The number of ether oxygens (including phenoxy) is 1. The Morgan fingerprint density at radius 2 is 1.93 bits per heavy atom. The number of nitrogens with one attached hydrogen (secondary N) is 1. The smallest absolute Gasteiger partial charge is 0.125 e. The molecule has 3 N–H and O–H groups in total. The molecule has 0 aliphatic carbocycles. The Bertz CT molecular complexity index is 327. The third kappa shape index (κ3) is 3.62. The molecule has 0 atom stereocenters. The second-order valence-electron chi connectivity index (χ2n) is 3.70. The number of para-hydroxylation sites is 1. The van der Waals surface area contributed by atoms with E-state index in [1.807, 2.05) is 32.0 Å². The SMILES string of the molecule is Cc1cccc(C)c1OCCCC(=N)N. The van der Waals surface area contributed by atoms with Crippen LogP contribution in [0.4, 0.5) is 0 Å². The molecule has 1 aromatic rings. The summed E-state index contributed by atoms with van der Waals surface area (Å²) in [6, 6.07) is 6.09. The van der Waals surface area contributed by atoms with E-state index in [4.69, 9.17) is 15.9 Å². The van der Waals surface area contributed by atoms with Crippen molar-refractivity contribution in [2.45, 2.75) is 26.7 Å². The van der Waals surface area contributed by atoms with Crippen LogP contribution in [0.2, 0.25) is 0 Å². The summed E-state index contributed by atoms with van der Waals surface area (Å²) in [5, 5.41) is 7.08. The molecule has 0 saturated heterocycles. The van der Waals surface area contributed by atoms with E-state index in [0.29, 0.717) is 13.0 Å². The molecule has 1 rings (SSSR count). The molecule has 0 aliphatic heterocycles. The maximum absolute atomic E-state index is 7.08. The van der Waals surface area contributed by atoms with Gasteiger partial charge in [-0.15, -0.1) is 0 Å². The molecule has 1 aromatic carbocycles. The summed E-state index contributed by atoms with van der Waals surface area (Å²) in [7, 11) is 0. The lowest BCUT2D eigenvalue weighted by atomic mass is 10.1. The zero-order valence-electron chi connectivity index (χ0n) is 9.34. The van der Waals surface area contributed by atoms with Gasteiger partial charge < -0.3 is 10.5 Å². The van der Waals surface area contributed by atoms with E-state index in [9.17, 15) is 0 Å². The van der Waals surface area contributed by atoms with Crippen molar-refractivity contribution >= 4 is 5.84 Å². The number of nitrogens with two attached hydrogens (primary N) is 1. The normalized spacial score (nSPS) is 10.0. The molecule has 0 bridgehead atoms. The molecule has 82 valence electrons. The second kappa shape index (κ2) is 5.39. The highest BCUT2D eigenvalue weighted by Crippen LogP contribution is 2.22. The Morgan fingerprint density at radius 3 is 2.47 bits per heavy atom. The van der Waals surface area contributed by atoms with E-state index in [1.54, 1.807) is 0 Å². The number of benzene rings is 1. The molecule has 15 heavy (non-hydrogen) atoms. The first-order valence-electron chi connectivity index (χ1n) is 5.13. The van der Waals surface area contributed by atoms with E-state index in [0.717, 1.165) is 23.3 Å². The molecule has 0 aromatic heterocycles. The van der Waals surface area contributed by atoms with Gasteiger partial charge in [-0.1, -0.05) is 18.2 Å².